The molecular weight excluding hydrogens is 260 g/mol. The van der Waals surface area contributed by atoms with Gasteiger partial charge in [0.15, 0.2) is 0 Å². The van der Waals surface area contributed by atoms with E-state index in [-0.39, 0.29) is 11.4 Å². The van der Waals surface area contributed by atoms with E-state index in [2.05, 4.69) is 36.4 Å². The standard InChI is InChI=1S/C19H20O2/c1-19(2)11-10-17-15(12-16(20)13-18(17)21-19)9-8-14-6-4-3-5-7-14/h3-7,10-13,20H,8-9H2,1-2H3. The number of fused-ring (bicyclic) bond motifs is 1. The molecule has 0 unspecified atom stereocenters. The van der Waals surface area contributed by atoms with E-state index < -0.39 is 0 Å². The fourth-order valence-corrected chi connectivity index (χ4v) is 2.67. The van der Waals surface area contributed by atoms with E-state index in [0.29, 0.717) is 0 Å². The molecule has 108 valence electrons. The fourth-order valence-electron chi connectivity index (χ4n) is 2.67. The number of benzene rings is 2. The molecule has 0 aromatic heterocycles. The summed E-state index contributed by atoms with van der Waals surface area (Å²) in [7, 11) is 0. The van der Waals surface area contributed by atoms with E-state index in [1.807, 2.05) is 26.0 Å². The molecule has 2 aromatic carbocycles. The van der Waals surface area contributed by atoms with Crippen molar-refractivity contribution in [3.8, 4) is 11.5 Å². The van der Waals surface area contributed by atoms with Crippen LogP contribution in [0.2, 0.25) is 0 Å². The molecule has 1 heterocycles. The summed E-state index contributed by atoms with van der Waals surface area (Å²) in [6.07, 6.45) is 6.01. The summed E-state index contributed by atoms with van der Waals surface area (Å²) in [6, 6.07) is 13.9. The lowest BCUT2D eigenvalue weighted by molar-refractivity contribution is 0.158. The molecule has 0 saturated heterocycles. The molecule has 0 spiro atoms. The minimum atomic E-state index is -0.322. The van der Waals surface area contributed by atoms with E-state index in [1.54, 1.807) is 6.07 Å². The van der Waals surface area contributed by atoms with Crippen LogP contribution >= 0.6 is 0 Å². The summed E-state index contributed by atoms with van der Waals surface area (Å²) in [5.74, 6) is 1.04. The Balaban J connectivity index is 1.88. The highest BCUT2D eigenvalue weighted by molar-refractivity contribution is 5.66. The Morgan fingerprint density at radius 1 is 1.05 bits per heavy atom. The zero-order chi connectivity index (χ0) is 14.9. The lowest BCUT2D eigenvalue weighted by Crippen LogP contribution is -2.27. The molecule has 0 fully saturated rings. The molecule has 2 aromatic rings. The average Bonchev–Trinajstić information content (AvgIpc) is 2.44. The fraction of sp³-hybridized carbons (Fsp3) is 0.263. The van der Waals surface area contributed by atoms with Crippen molar-refractivity contribution in [2.45, 2.75) is 32.3 Å². The van der Waals surface area contributed by atoms with E-state index in [9.17, 15) is 5.11 Å². The van der Waals surface area contributed by atoms with Crippen LogP contribution in [0.3, 0.4) is 0 Å². The summed E-state index contributed by atoms with van der Waals surface area (Å²) >= 11 is 0. The van der Waals surface area contributed by atoms with Crippen LogP contribution < -0.4 is 4.74 Å². The van der Waals surface area contributed by atoms with Crippen molar-refractivity contribution in [1.29, 1.82) is 0 Å². The van der Waals surface area contributed by atoms with Gasteiger partial charge in [0.1, 0.15) is 17.1 Å². The van der Waals surface area contributed by atoms with Gasteiger partial charge in [-0.1, -0.05) is 36.4 Å². The monoisotopic (exact) mass is 280 g/mol. The SMILES string of the molecule is CC1(C)C=Cc2c(CCc3ccccc3)cc(O)cc2O1. The third kappa shape index (κ3) is 3.10. The van der Waals surface area contributed by atoms with Gasteiger partial charge >= 0.3 is 0 Å². The highest BCUT2D eigenvalue weighted by Gasteiger charge is 2.23. The molecule has 1 N–H and O–H groups in total. The minimum Gasteiger partial charge on any atom is -0.508 e. The molecule has 2 nitrogen and oxygen atoms in total. The summed E-state index contributed by atoms with van der Waals surface area (Å²) < 4.78 is 5.95. The first-order valence-corrected chi connectivity index (χ1v) is 7.32. The molecule has 0 radical (unpaired) electrons. The van der Waals surface area contributed by atoms with Gasteiger partial charge in [-0.3, -0.25) is 0 Å². The summed E-state index contributed by atoms with van der Waals surface area (Å²) in [6.45, 7) is 4.03. The number of phenolic OH excluding ortho intramolecular Hbond substituents is 1. The number of phenols is 1. The molecular formula is C19H20O2. The first-order chi connectivity index (χ1) is 10.0. The van der Waals surface area contributed by atoms with Crippen molar-refractivity contribution in [2.75, 3.05) is 0 Å². The molecule has 0 aliphatic carbocycles. The number of ether oxygens (including phenoxy) is 1. The molecule has 3 rings (SSSR count). The first-order valence-electron chi connectivity index (χ1n) is 7.32. The molecule has 0 amide bonds. The van der Waals surface area contributed by atoms with Crippen molar-refractivity contribution in [2.24, 2.45) is 0 Å². The maximum atomic E-state index is 9.93. The Bertz CT molecular complexity index is 669. The molecule has 21 heavy (non-hydrogen) atoms. The second-order valence-electron chi connectivity index (χ2n) is 6.04. The van der Waals surface area contributed by atoms with Gasteiger partial charge in [0, 0.05) is 11.6 Å². The smallest absolute Gasteiger partial charge is 0.131 e. The minimum absolute atomic E-state index is 0.267. The highest BCUT2D eigenvalue weighted by Crippen LogP contribution is 2.36. The van der Waals surface area contributed by atoms with Crippen LogP contribution in [0.1, 0.15) is 30.5 Å². The van der Waals surface area contributed by atoms with Crippen molar-refractivity contribution in [3.63, 3.8) is 0 Å². The quantitative estimate of drug-likeness (QED) is 0.905. The lowest BCUT2D eigenvalue weighted by atomic mass is 9.94. The number of hydrogen-bond donors (Lipinski definition) is 1. The summed E-state index contributed by atoms with van der Waals surface area (Å²) in [5, 5.41) is 9.93. The Kier molecular flexibility index (Phi) is 3.46. The second-order valence-corrected chi connectivity index (χ2v) is 6.04. The number of hydrogen-bond acceptors (Lipinski definition) is 2. The predicted octanol–water partition coefficient (Wildman–Crippen LogP) is 4.36. The van der Waals surface area contributed by atoms with Crippen molar-refractivity contribution < 1.29 is 9.84 Å². The zero-order valence-electron chi connectivity index (χ0n) is 12.5. The predicted molar refractivity (Wildman–Crippen MR) is 85.7 cm³/mol. The van der Waals surface area contributed by atoms with Crippen LogP contribution in [0, 0.1) is 0 Å². The summed E-state index contributed by atoms with van der Waals surface area (Å²) in [5.41, 5.74) is 3.19. The van der Waals surface area contributed by atoms with Crippen LogP contribution in [-0.4, -0.2) is 10.7 Å². The van der Waals surface area contributed by atoms with Crippen LogP contribution in [0.25, 0.3) is 6.08 Å². The topological polar surface area (TPSA) is 29.5 Å². The summed E-state index contributed by atoms with van der Waals surface area (Å²) in [4.78, 5) is 0. The van der Waals surface area contributed by atoms with E-state index in [0.717, 1.165) is 29.7 Å². The number of rotatable bonds is 3. The van der Waals surface area contributed by atoms with Gasteiger partial charge in [0.05, 0.1) is 0 Å². The van der Waals surface area contributed by atoms with Gasteiger partial charge in [-0.25, -0.2) is 0 Å². The van der Waals surface area contributed by atoms with E-state index >= 15 is 0 Å². The van der Waals surface area contributed by atoms with Gasteiger partial charge in [0.25, 0.3) is 0 Å². The Labute approximate surface area is 125 Å². The van der Waals surface area contributed by atoms with Gasteiger partial charge < -0.3 is 9.84 Å². The average molecular weight is 280 g/mol. The zero-order valence-corrected chi connectivity index (χ0v) is 12.5. The van der Waals surface area contributed by atoms with Crippen molar-refractivity contribution in [1.82, 2.24) is 0 Å². The number of aryl methyl sites for hydroxylation is 2. The number of aromatic hydroxyl groups is 1. The van der Waals surface area contributed by atoms with Crippen LogP contribution in [0.4, 0.5) is 0 Å². The molecule has 0 saturated carbocycles. The van der Waals surface area contributed by atoms with Crippen LogP contribution in [-0.2, 0) is 12.8 Å². The van der Waals surface area contributed by atoms with Gasteiger partial charge in [0.2, 0.25) is 0 Å². The van der Waals surface area contributed by atoms with Crippen molar-refractivity contribution >= 4 is 6.08 Å². The second kappa shape index (κ2) is 5.28. The van der Waals surface area contributed by atoms with Gasteiger partial charge in [-0.15, -0.1) is 0 Å². The van der Waals surface area contributed by atoms with E-state index in [1.165, 1.54) is 5.56 Å². The normalized spacial score (nSPS) is 15.3. The maximum Gasteiger partial charge on any atom is 0.131 e. The Morgan fingerprint density at radius 2 is 1.81 bits per heavy atom. The van der Waals surface area contributed by atoms with E-state index in [4.69, 9.17) is 4.74 Å². The highest BCUT2D eigenvalue weighted by atomic mass is 16.5. The van der Waals surface area contributed by atoms with Gasteiger partial charge in [-0.2, -0.15) is 0 Å². The Morgan fingerprint density at radius 3 is 2.57 bits per heavy atom. The van der Waals surface area contributed by atoms with Crippen molar-refractivity contribution in [3.05, 3.63) is 65.2 Å². The molecule has 0 bridgehead atoms. The largest absolute Gasteiger partial charge is 0.508 e. The third-order valence-electron chi connectivity index (χ3n) is 3.76. The van der Waals surface area contributed by atoms with Crippen LogP contribution in [0.15, 0.2) is 48.5 Å². The lowest BCUT2D eigenvalue weighted by Gasteiger charge is -2.29. The molecule has 2 heteroatoms. The van der Waals surface area contributed by atoms with Crippen LogP contribution in [0.5, 0.6) is 11.5 Å². The Hall–Kier alpha value is -2.22. The molecule has 0 atom stereocenters. The third-order valence-corrected chi connectivity index (χ3v) is 3.76. The van der Waals surface area contributed by atoms with Gasteiger partial charge in [-0.05, 0) is 50.0 Å². The maximum absolute atomic E-state index is 9.93. The first kappa shape index (κ1) is 13.7. The molecule has 1 aliphatic heterocycles. The molecule has 1 aliphatic rings.